The molecule has 0 bridgehead atoms. The Hall–Kier alpha value is -1.61. The second-order valence-electron chi connectivity index (χ2n) is 5.02. The van der Waals surface area contributed by atoms with Crippen molar-refractivity contribution in [3.8, 4) is 0 Å². The van der Waals surface area contributed by atoms with Gasteiger partial charge in [0.05, 0.1) is 0 Å². The number of carbonyl (C=O) groups is 1. The lowest BCUT2D eigenvalue weighted by molar-refractivity contribution is 0.0984. The number of Topliss-reactive ketones (excluding diaryl/α,β-unsaturated/α-hetero) is 1. The third kappa shape index (κ3) is 2.63. The molecule has 0 aliphatic carbocycles. The minimum absolute atomic E-state index is 0.196. The molecule has 20 heavy (non-hydrogen) atoms. The quantitative estimate of drug-likeness (QED) is 0.787. The molecule has 0 saturated heterocycles. The van der Waals surface area contributed by atoms with Crippen molar-refractivity contribution >= 4 is 27.4 Å². The maximum atomic E-state index is 12.3. The van der Waals surface area contributed by atoms with Crippen LogP contribution in [0.1, 0.15) is 22.3 Å². The van der Waals surface area contributed by atoms with E-state index in [0.29, 0.717) is 6.42 Å². The Morgan fingerprint density at radius 2 is 1.85 bits per heavy atom. The van der Waals surface area contributed by atoms with Crippen molar-refractivity contribution in [2.75, 3.05) is 18.0 Å². The van der Waals surface area contributed by atoms with E-state index in [2.05, 4.69) is 45.1 Å². The highest BCUT2D eigenvalue weighted by molar-refractivity contribution is 9.10. The Morgan fingerprint density at radius 1 is 1.10 bits per heavy atom. The van der Waals surface area contributed by atoms with Crippen LogP contribution in [0.5, 0.6) is 0 Å². The lowest BCUT2D eigenvalue weighted by Gasteiger charge is -2.18. The van der Waals surface area contributed by atoms with Crippen LogP contribution >= 0.6 is 15.9 Å². The van der Waals surface area contributed by atoms with Crippen LogP contribution in [0.15, 0.2) is 53.0 Å². The van der Waals surface area contributed by atoms with Crippen LogP contribution in [-0.4, -0.2) is 18.9 Å². The highest BCUT2D eigenvalue weighted by atomic mass is 79.9. The maximum Gasteiger partial charge on any atom is 0.165 e. The molecule has 3 rings (SSSR count). The summed E-state index contributed by atoms with van der Waals surface area (Å²) in [5.41, 5.74) is 3.45. The van der Waals surface area contributed by atoms with E-state index in [0.717, 1.165) is 29.5 Å². The fraction of sp³-hybridized carbons (Fsp3) is 0.235. The zero-order valence-corrected chi connectivity index (χ0v) is 12.8. The Balaban J connectivity index is 1.67. The highest BCUT2D eigenvalue weighted by Crippen LogP contribution is 2.27. The van der Waals surface area contributed by atoms with Crippen LogP contribution in [0, 0.1) is 0 Å². The zero-order chi connectivity index (χ0) is 13.9. The number of para-hydroxylation sites is 1. The van der Waals surface area contributed by atoms with Gasteiger partial charge in [0.15, 0.2) is 5.78 Å². The molecular formula is C17H16BrNO. The van der Waals surface area contributed by atoms with Gasteiger partial charge in [-0.05, 0) is 24.1 Å². The Labute approximate surface area is 127 Å². The number of anilines is 1. The van der Waals surface area contributed by atoms with Gasteiger partial charge >= 0.3 is 0 Å². The monoisotopic (exact) mass is 329 g/mol. The van der Waals surface area contributed by atoms with Gasteiger partial charge in [-0.2, -0.15) is 0 Å². The van der Waals surface area contributed by atoms with Crippen LogP contribution in [0.25, 0.3) is 0 Å². The summed E-state index contributed by atoms with van der Waals surface area (Å²) in [6.07, 6.45) is 1.64. The second-order valence-corrected chi connectivity index (χ2v) is 5.87. The normalized spacial score (nSPS) is 13.3. The molecular weight excluding hydrogens is 314 g/mol. The summed E-state index contributed by atoms with van der Waals surface area (Å²) in [7, 11) is 0. The van der Waals surface area contributed by atoms with Gasteiger partial charge in [0.25, 0.3) is 0 Å². The highest BCUT2D eigenvalue weighted by Gasteiger charge is 2.19. The summed E-state index contributed by atoms with van der Waals surface area (Å²) in [4.78, 5) is 14.6. The average Bonchev–Trinajstić information content (AvgIpc) is 2.88. The Morgan fingerprint density at radius 3 is 2.70 bits per heavy atom. The van der Waals surface area contributed by atoms with Gasteiger partial charge in [-0.3, -0.25) is 4.79 Å². The van der Waals surface area contributed by atoms with Gasteiger partial charge in [0.2, 0.25) is 0 Å². The fourth-order valence-corrected chi connectivity index (χ4v) is 3.20. The average molecular weight is 330 g/mol. The molecule has 2 aromatic rings. The first kappa shape index (κ1) is 13.4. The van der Waals surface area contributed by atoms with E-state index in [1.807, 2.05) is 24.3 Å². The smallest absolute Gasteiger partial charge is 0.165 e. The van der Waals surface area contributed by atoms with E-state index in [9.17, 15) is 4.79 Å². The predicted molar refractivity (Wildman–Crippen MR) is 85.4 cm³/mol. The van der Waals surface area contributed by atoms with Crippen LogP contribution in [0.3, 0.4) is 0 Å². The van der Waals surface area contributed by atoms with Crippen molar-refractivity contribution in [2.45, 2.75) is 12.8 Å². The number of carbonyl (C=O) groups excluding carboxylic acids is 1. The topological polar surface area (TPSA) is 20.3 Å². The number of nitrogens with zero attached hydrogens (tertiary/aromatic N) is 1. The summed E-state index contributed by atoms with van der Waals surface area (Å²) in [5, 5.41) is 0. The summed E-state index contributed by atoms with van der Waals surface area (Å²) >= 11 is 3.44. The standard InChI is InChI=1S/C17H16BrNO/c18-15-7-3-2-6-14(15)17(20)10-12-19-11-9-13-5-1-4-8-16(13)19/h1-8H,9-12H2. The van der Waals surface area contributed by atoms with Gasteiger partial charge in [-0.1, -0.05) is 52.3 Å². The first-order valence-electron chi connectivity index (χ1n) is 6.86. The minimum Gasteiger partial charge on any atom is -0.371 e. The lowest BCUT2D eigenvalue weighted by atomic mass is 10.1. The molecule has 2 aromatic carbocycles. The number of benzene rings is 2. The summed E-state index contributed by atoms with van der Waals surface area (Å²) < 4.78 is 0.881. The van der Waals surface area contributed by atoms with Crippen molar-refractivity contribution < 1.29 is 4.79 Å². The van der Waals surface area contributed by atoms with Gasteiger partial charge in [-0.15, -0.1) is 0 Å². The fourth-order valence-electron chi connectivity index (χ4n) is 2.70. The summed E-state index contributed by atoms with van der Waals surface area (Å²) in [6.45, 7) is 1.81. The number of fused-ring (bicyclic) bond motifs is 1. The Kier molecular flexibility index (Phi) is 3.88. The SMILES string of the molecule is O=C(CCN1CCc2ccccc21)c1ccccc1Br. The van der Waals surface area contributed by atoms with E-state index in [4.69, 9.17) is 0 Å². The molecule has 1 heterocycles. The number of hydrogen-bond acceptors (Lipinski definition) is 2. The first-order chi connectivity index (χ1) is 9.75. The van der Waals surface area contributed by atoms with Crippen LogP contribution in [0.2, 0.25) is 0 Å². The zero-order valence-electron chi connectivity index (χ0n) is 11.2. The molecule has 0 N–H and O–H groups in total. The van der Waals surface area contributed by atoms with Crippen LogP contribution < -0.4 is 4.90 Å². The predicted octanol–water partition coefficient (Wildman–Crippen LogP) is 4.08. The van der Waals surface area contributed by atoms with E-state index in [-0.39, 0.29) is 5.78 Å². The molecule has 102 valence electrons. The van der Waals surface area contributed by atoms with Crippen molar-refractivity contribution in [1.82, 2.24) is 0 Å². The summed E-state index contributed by atoms with van der Waals surface area (Å²) in [5.74, 6) is 0.196. The number of hydrogen-bond donors (Lipinski definition) is 0. The molecule has 3 heteroatoms. The number of rotatable bonds is 4. The number of halogens is 1. The lowest BCUT2D eigenvalue weighted by Crippen LogP contribution is -2.23. The second kappa shape index (κ2) is 5.80. The maximum absolute atomic E-state index is 12.3. The van der Waals surface area contributed by atoms with Gasteiger partial charge in [0.1, 0.15) is 0 Å². The molecule has 1 aliphatic heterocycles. The van der Waals surface area contributed by atoms with Crippen LogP contribution in [-0.2, 0) is 6.42 Å². The molecule has 0 atom stereocenters. The van der Waals surface area contributed by atoms with Gasteiger partial charge in [0, 0.05) is 35.2 Å². The largest absolute Gasteiger partial charge is 0.371 e. The van der Waals surface area contributed by atoms with Crippen molar-refractivity contribution in [2.24, 2.45) is 0 Å². The molecule has 0 unspecified atom stereocenters. The molecule has 0 aromatic heterocycles. The van der Waals surface area contributed by atoms with Crippen molar-refractivity contribution in [3.63, 3.8) is 0 Å². The molecule has 0 amide bonds. The van der Waals surface area contributed by atoms with E-state index in [1.165, 1.54) is 11.3 Å². The molecule has 0 spiro atoms. The molecule has 1 aliphatic rings. The molecule has 0 saturated carbocycles. The van der Waals surface area contributed by atoms with Gasteiger partial charge in [-0.25, -0.2) is 0 Å². The van der Waals surface area contributed by atoms with E-state index < -0.39 is 0 Å². The van der Waals surface area contributed by atoms with E-state index >= 15 is 0 Å². The minimum atomic E-state index is 0.196. The van der Waals surface area contributed by atoms with Crippen molar-refractivity contribution in [1.29, 1.82) is 0 Å². The first-order valence-corrected chi connectivity index (χ1v) is 7.65. The van der Waals surface area contributed by atoms with E-state index in [1.54, 1.807) is 0 Å². The Bertz CT molecular complexity index is 638. The molecule has 0 radical (unpaired) electrons. The summed E-state index contributed by atoms with van der Waals surface area (Å²) in [6, 6.07) is 16.1. The number of ketones is 1. The molecule has 2 nitrogen and oxygen atoms in total. The third-order valence-corrected chi connectivity index (χ3v) is 4.46. The molecule has 0 fully saturated rings. The van der Waals surface area contributed by atoms with Gasteiger partial charge < -0.3 is 4.90 Å². The van der Waals surface area contributed by atoms with Crippen LogP contribution in [0.4, 0.5) is 5.69 Å². The third-order valence-electron chi connectivity index (χ3n) is 3.77. The van der Waals surface area contributed by atoms with Crippen molar-refractivity contribution in [3.05, 3.63) is 64.1 Å².